The van der Waals surface area contributed by atoms with Crippen LogP contribution in [0.4, 0.5) is 0 Å². The Morgan fingerprint density at radius 2 is 1.96 bits per heavy atom. The highest BCUT2D eigenvalue weighted by Gasteiger charge is 2.06. The lowest BCUT2D eigenvalue weighted by molar-refractivity contribution is 0.0963. The van der Waals surface area contributed by atoms with E-state index in [1.54, 1.807) is 33.3 Å². The van der Waals surface area contributed by atoms with Crippen LogP contribution in [0.5, 0.6) is 5.75 Å². The van der Waals surface area contributed by atoms with E-state index in [9.17, 15) is 4.79 Å². The quantitative estimate of drug-likeness (QED) is 0.300. The molecule has 8 heteroatoms. The molecule has 3 N–H and O–H groups in total. The number of hydrogen-bond acceptors (Lipinski definition) is 3. The smallest absolute Gasteiger partial charge is 0.251 e. The number of hydrogen-bond donors (Lipinski definition) is 3. The Morgan fingerprint density at radius 1 is 1.18 bits per heavy atom. The summed E-state index contributed by atoms with van der Waals surface area (Å²) in [6.45, 7) is 1.25. The van der Waals surface area contributed by atoms with E-state index < -0.39 is 0 Å². The monoisotopic (exact) mass is 516 g/mol. The first-order valence-corrected chi connectivity index (χ1v) is 9.03. The average molecular weight is 517 g/mol. The second-order valence-electron chi connectivity index (χ2n) is 5.84. The van der Waals surface area contributed by atoms with E-state index in [-0.39, 0.29) is 29.9 Å². The molecule has 0 aromatic heterocycles. The molecule has 1 amide bonds. The van der Waals surface area contributed by atoms with Gasteiger partial charge in [-0.15, -0.1) is 24.0 Å². The lowest BCUT2D eigenvalue weighted by atomic mass is 10.1. The maximum absolute atomic E-state index is 11.7. The van der Waals surface area contributed by atoms with Crippen LogP contribution in [0.2, 0.25) is 5.02 Å². The van der Waals surface area contributed by atoms with Crippen LogP contribution in [0, 0.1) is 0 Å². The van der Waals surface area contributed by atoms with Gasteiger partial charge < -0.3 is 20.7 Å². The molecule has 0 aliphatic rings. The van der Waals surface area contributed by atoms with Gasteiger partial charge in [0, 0.05) is 43.3 Å². The maximum Gasteiger partial charge on any atom is 0.251 e. The minimum Gasteiger partial charge on any atom is -0.496 e. The van der Waals surface area contributed by atoms with Gasteiger partial charge in [-0.2, -0.15) is 0 Å². The van der Waals surface area contributed by atoms with Gasteiger partial charge in [-0.25, -0.2) is 0 Å². The Bertz CT molecular complexity index is 815. The highest BCUT2D eigenvalue weighted by atomic mass is 127. The molecule has 0 spiro atoms. The number of nitrogens with one attached hydrogen (secondary N) is 3. The van der Waals surface area contributed by atoms with Crippen LogP contribution in [-0.4, -0.2) is 39.6 Å². The summed E-state index contributed by atoms with van der Waals surface area (Å²) in [6, 6.07) is 13.1. The van der Waals surface area contributed by atoms with E-state index in [1.807, 2.05) is 30.3 Å². The molecule has 0 radical (unpaired) electrons. The van der Waals surface area contributed by atoms with E-state index in [0.29, 0.717) is 29.6 Å². The van der Waals surface area contributed by atoms with E-state index in [2.05, 4.69) is 20.9 Å². The number of carbonyl (C=O) groups excluding carboxylic acids is 1. The Balaban J connectivity index is 0.00000392. The van der Waals surface area contributed by atoms with Crippen LogP contribution in [0.3, 0.4) is 0 Å². The highest BCUT2D eigenvalue weighted by molar-refractivity contribution is 14.0. The summed E-state index contributed by atoms with van der Waals surface area (Å²) in [7, 11) is 4.97. The van der Waals surface area contributed by atoms with Crippen molar-refractivity contribution in [1.29, 1.82) is 0 Å². The van der Waals surface area contributed by atoms with Crippen molar-refractivity contribution < 1.29 is 9.53 Å². The van der Waals surface area contributed by atoms with Crippen molar-refractivity contribution >= 4 is 47.4 Å². The molecule has 0 aliphatic carbocycles. The van der Waals surface area contributed by atoms with Crippen LogP contribution in [-0.2, 0) is 13.0 Å². The van der Waals surface area contributed by atoms with Crippen LogP contribution < -0.4 is 20.7 Å². The Kier molecular flexibility index (Phi) is 10.7. The van der Waals surface area contributed by atoms with Gasteiger partial charge in [0.1, 0.15) is 5.75 Å². The van der Waals surface area contributed by atoms with Crippen molar-refractivity contribution in [1.82, 2.24) is 16.0 Å². The van der Waals surface area contributed by atoms with Crippen LogP contribution >= 0.6 is 35.6 Å². The van der Waals surface area contributed by atoms with E-state index in [1.165, 1.54) is 0 Å². The molecule has 152 valence electrons. The van der Waals surface area contributed by atoms with Crippen molar-refractivity contribution in [3.05, 3.63) is 64.2 Å². The second kappa shape index (κ2) is 12.5. The second-order valence-corrected chi connectivity index (χ2v) is 6.27. The summed E-state index contributed by atoms with van der Waals surface area (Å²) in [5.74, 6) is 1.34. The summed E-state index contributed by atoms with van der Waals surface area (Å²) in [4.78, 5) is 15.9. The lowest BCUT2D eigenvalue weighted by Crippen LogP contribution is -2.37. The molecule has 2 aromatic rings. The molecule has 6 nitrogen and oxygen atoms in total. The first-order valence-electron chi connectivity index (χ1n) is 8.65. The zero-order valence-corrected chi connectivity index (χ0v) is 19.3. The molecule has 0 bridgehead atoms. The Labute approximate surface area is 188 Å². The number of benzene rings is 2. The summed E-state index contributed by atoms with van der Waals surface area (Å²) in [6.07, 6.45) is 0.774. The summed E-state index contributed by atoms with van der Waals surface area (Å²) < 4.78 is 5.35. The van der Waals surface area contributed by atoms with Crippen molar-refractivity contribution in [3.8, 4) is 5.75 Å². The number of guanidine groups is 1. The number of aliphatic imine (C=N–C) groups is 1. The molecule has 0 saturated carbocycles. The number of methoxy groups -OCH3 is 1. The fourth-order valence-electron chi connectivity index (χ4n) is 2.60. The predicted molar refractivity (Wildman–Crippen MR) is 125 cm³/mol. The minimum atomic E-state index is -0.0841. The Morgan fingerprint density at radius 3 is 2.64 bits per heavy atom. The number of halogens is 2. The fourth-order valence-corrected chi connectivity index (χ4v) is 2.76. The molecule has 2 aromatic carbocycles. The van der Waals surface area contributed by atoms with Crippen molar-refractivity contribution in [3.63, 3.8) is 0 Å². The molecule has 0 heterocycles. The van der Waals surface area contributed by atoms with Crippen LogP contribution in [0.15, 0.2) is 47.5 Å². The van der Waals surface area contributed by atoms with Crippen molar-refractivity contribution in [2.45, 2.75) is 13.0 Å². The number of nitrogens with zero attached hydrogens (tertiary/aromatic N) is 1. The summed E-state index contributed by atoms with van der Waals surface area (Å²) >= 11 is 5.99. The van der Waals surface area contributed by atoms with Crippen LogP contribution in [0.1, 0.15) is 21.5 Å². The van der Waals surface area contributed by atoms with E-state index >= 15 is 0 Å². The molecular weight excluding hydrogens is 491 g/mol. The normalized spacial score (nSPS) is 10.6. The number of carbonyl (C=O) groups is 1. The van der Waals surface area contributed by atoms with Gasteiger partial charge in [-0.3, -0.25) is 9.79 Å². The summed E-state index contributed by atoms with van der Waals surface area (Å²) in [5.41, 5.74) is 2.73. The van der Waals surface area contributed by atoms with Gasteiger partial charge in [0.2, 0.25) is 0 Å². The number of ether oxygens (including phenoxy) is 1. The van der Waals surface area contributed by atoms with Gasteiger partial charge >= 0.3 is 0 Å². The molecular formula is C20H26ClIN4O2. The van der Waals surface area contributed by atoms with Crippen molar-refractivity contribution in [2.75, 3.05) is 27.7 Å². The average Bonchev–Trinajstić information content (AvgIpc) is 2.70. The molecule has 0 atom stereocenters. The van der Waals surface area contributed by atoms with Gasteiger partial charge in [-0.05, 0) is 36.2 Å². The van der Waals surface area contributed by atoms with E-state index in [4.69, 9.17) is 16.3 Å². The third-order valence-corrected chi connectivity index (χ3v) is 4.28. The third kappa shape index (κ3) is 7.20. The predicted octanol–water partition coefficient (Wildman–Crippen LogP) is 3.23. The largest absolute Gasteiger partial charge is 0.496 e. The number of rotatable bonds is 7. The van der Waals surface area contributed by atoms with Gasteiger partial charge in [0.25, 0.3) is 5.91 Å². The first kappa shape index (κ1) is 24.0. The lowest BCUT2D eigenvalue weighted by Gasteiger charge is -2.14. The number of amides is 1. The minimum absolute atomic E-state index is 0. The highest BCUT2D eigenvalue weighted by Crippen LogP contribution is 2.22. The summed E-state index contributed by atoms with van der Waals surface area (Å²) in [5, 5.41) is 9.80. The fraction of sp³-hybridized carbons (Fsp3) is 0.300. The molecule has 28 heavy (non-hydrogen) atoms. The van der Waals surface area contributed by atoms with Gasteiger partial charge in [0.15, 0.2) is 5.96 Å². The molecule has 0 unspecified atom stereocenters. The van der Waals surface area contributed by atoms with E-state index in [0.717, 1.165) is 23.3 Å². The zero-order chi connectivity index (χ0) is 19.6. The molecule has 2 rings (SSSR count). The SMILES string of the molecule is CN=C(NCCc1cccc(C(=O)NC)c1)NCc1ccc(Cl)cc1OC.I. The van der Waals surface area contributed by atoms with Crippen molar-refractivity contribution in [2.24, 2.45) is 4.99 Å². The van der Waals surface area contributed by atoms with Crippen LogP contribution in [0.25, 0.3) is 0 Å². The molecule has 0 fully saturated rings. The third-order valence-electron chi connectivity index (χ3n) is 4.04. The Hall–Kier alpha value is -2.00. The maximum atomic E-state index is 11.7. The zero-order valence-electron chi connectivity index (χ0n) is 16.2. The molecule has 0 saturated heterocycles. The molecule has 0 aliphatic heterocycles. The standard InChI is InChI=1S/C20H25ClN4O2.HI/c1-22-19(26)15-6-4-5-14(11-15)9-10-24-20(23-2)25-13-16-7-8-17(21)12-18(16)27-3;/h4-8,11-12H,9-10,13H2,1-3H3,(H,22,26)(H2,23,24,25);1H. The first-order chi connectivity index (χ1) is 13.1. The van der Waals surface area contributed by atoms with Gasteiger partial charge in [-0.1, -0.05) is 29.8 Å². The van der Waals surface area contributed by atoms with Gasteiger partial charge in [0.05, 0.1) is 7.11 Å². The topological polar surface area (TPSA) is 74.8 Å².